The quantitative estimate of drug-likeness (QED) is 0.868. The maximum absolute atomic E-state index is 12.1. The van der Waals surface area contributed by atoms with E-state index in [-0.39, 0.29) is 30.1 Å². The summed E-state index contributed by atoms with van der Waals surface area (Å²) in [6.07, 6.45) is 1.57. The van der Waals surface area contributed by atoms with E-state index in [0.717, 1.165) is 5.56 Å². The molecule has 1 N–H and O–H groups in total. The minimum Gasteiger partial charge on any atom is -0.461 e. The molecule has 0 radical (unpaired) electrons. The second-order valence-corrected chi connectivity index (χ2v) is 4.76. The topological polar surface area (TPSA) is 73.2 Å². The highest BCUT2D eigenvalue weighted by molar-refractivity contribution is 5.94. The van der Waals surface area contributed by atoms with Crippen LogP contribution in [0.5, 0.6) is 0 Å². The summed E-state index contributed by atoms with van der Waals surface area (Å²) in [5.74, 6) is -0.556. The third-order valence-corrected chi connectivity index (χ3v) is 3.35. The number of ether oxygens (including phenoxy) is 1. The van der Waals surface area contributed by atoms with Gasteiger partial charge in [0, 0.05) is 12.7 Å². The van der Waals surface area contributed by atoms with Crippen molar-refractivity contribution >= 4 is 11.9 Å². The zero-order chi connectivity index (χ0) is 14.8. The monoisotopic (exact) mass is 285 g/mol. The van der Waals surface area contributed by atoms with Crippen molar-refractivity contribution in [1.29, 1.82) is 0 Å². The van der Waals surface area contributed by atoms with E-state index in [1.54, 1.807) is 17.7 Å². The highest BCUT2D eigenvalue weighted by atomic mass is 16.5. The summed E-state index contributed by atoms with van der Waals surface area (Å²) in [6.45, 7) is 2.55. The van der Waals surface area contributed by atoms with E-state index in [0.29, 0.717) is 6.54 Å². The molecule has 0 fully saturated rings. The van der Waals surface area contributed by atoms with E-state index in [4.69, 9.17) is 4.74 Å². The number of carbonyl (C=O) groups is 2. The number of amides is 1. The Kier molecular flexibility index (Phi) is 3.43. The Morgan fingerprint density at radius 2 is 2.19 bits per heavy atom. The van der Waals surface area contributed by atoms with Crippen LogP contribution in [0.15, 0.2) is 36.5 Å². The van der Waals surface area contributed by atoms with Crippen molar-refractivity contribution in [1.82, 2.24) is 14.9 Å². The molecule has 1 aliphatic heterocycles. The van der Waals surface area contributed by atoms with Crippen molar-refractivity contribution in [3.05, 3.63) is 53.6 Å². The molecule has 0 saturated carbocycles. The predicted molar refractivity (Wildman–Crippen MR) is 74.8 cm³/mol. The van der Waals surface area contributed by atoms with Crippen LogP contribution in [-0.4, -0.2) is 28.0 Å². The zero-order valence-electron chi connectivity index (χ0n) is 11.6. The van der Waals surface area contributed by atoms with E-state index < -0.39 is 5.97 Å². The average Bonchev–Trinajstić information content (AvgIpc) is 2.93. The first kappa shape index (κ1) is 13.4. The van der Waals surface area contributed by atoms with Gasteiger partial charge in [0.1, 0.15) is 0 Å². The van der Waals surface area contributed by atoms with Crippen molar-refractivity contribution in [2.45, 2.75) is 19.5 Å². The first-order valence-electron chi connectivity index (χ1n) is 6.79. The lowest BCUT2D eigenvalue weighted by atomic mass is 10.1. The van der Waals surface area contributed by atoms with Crippen LogP contribution in [0.3, 0.4) is 0 Å². The molecule has 3 rings (SSSR count). The van der Waals surface area contributed by atoms with Crippen LogP contribution in [0.2, 0.25) is 0 Å². The molecule has 2 heterocycles. The minimum atomic E-state index is -0.511. The molecule has 1 aromatic carbocycles. The highest BCUT2D eigenvalue weighted by Gasteiger charge is 2.28. The number of hydrogen-bond acceptors (Lipinski definition) is 4. The van der Waals surface area contributed by atoms with Crippen LogP contribution < -0.4 is 5.32 Å². The second-order valence-electron chi connectivity index (χ2n) is 4.76. The number of esters is 1. The normalized spacial score (nSPS) is 17.0. The Labute approximate surface area is 121 Å². The fourth-order valence-corrected chi connectivity index (χ4v) is 2.38. The van der Waals surface area contributed by atoms with Crippen LogP contribution in [-0.2, 0) is 11.3 Å². The van der Waals surface area contributed by atoms with Gasteiger partial charge in [0.05, 0.1) is 12.6 Å². The molecular formula is C15H15N3O3. The Bertz CT molecular complexity index is 679. The van der Waals surface area contributed by atoms with Gasteiger partial charge >= 0.3 is 5.97 Å². The number of hydrogen-bond donors (Lipinski definition) is 1. The number of fused-ring (bicyclic) bond motifs is 1. The zero-order valence-corrected chi connectivity index (χ0v) is 11.6. The molecule has 1 aliphatic rings. The molecule has 0 spiro atoms. The summed E-state index contributed by atoms with van der Waals surface area (Å²) in [5, 5.41) is 2.90. The van der Waals surface area contributed by atoms with Crippen molar-refractivity contribution in [2.75, 3.05) is 6.61 Å². The number of rotatable bonds is 3. The first-order chi connectivity index (χ1) is 10.2. The molecule has 0 saturated heterocycles. The van der Waals surface area contributed by atoms with Crippen LogP contribution in [0.1, 0.15) is 39.6 Å². The fourth-order valence-electron chi connectivity index (χ4n) is 2.38. The smallest absolute Gasteiger partial charge is 0.358 e. The van der Waals surface area contributed by atoms with Crippen LogP contribution in [0.25, 0.3) is 0 Å². The van der Waals surface area contributed by atoms with Crippen LogP contribution in [0.4, 0.5) is 0 Å². The Morgan fingerprint density at radius 1 is 1.43 bits per heavy atom. The summed E-state index contributed by atoms with van der Waals surface area (Å²) in [6, 6.07) is 9.56. The lowest BCUT2D eigenvalue weighted by Gasteiger charge is -2.24. The Morgan fingerprint density at radius 3 is 2.90 bits per heavy atom. The molecule has 21 heavy (non-hydrogen) atoms. The van der Waals surface area contributed by atoms with Gasteiger partial charge in [-0.3, -0.25) is 4.79 Å². The van der Waals surface area contributed by atoms with Gasteiger partial charge in [0.2, 0.25) is 0 Å². The van der Waals surface area contributed by atoms with Gasteiger partial charge in [-0.2, -0.15) is 0 Å². The third kappa shape index (κ3) is 2.52. The molecule has 0 unspecified atom stereocenters. The first-order valence-corrected chi connectivity index (χ1v) is 6.79. The number of carbonyl (C=O) groups excluding carboxylic acids is 2. The number of nitrogens with zero attached hydrogens (tertiary/aromatic N) is 2. The SMILES string of the molecule is CCOC(=O)c1cn2c(n1)C(=O)N[C@H](c1ccccc1)C2. The third-order valence-electron chi connectivity index (χ3n) is 3.35. The van der Waals surface area contributed by atoms with E-state index in [1.165, 1.54) is 0 Å². The molecule has 2 aromatic rings. The maximum atomic E-state index is 12.1. The van der Waals surface area contributed by atoms with Crippen molar-refractivity contribution in [3.8, 4) is 0 Å². The van der Waals surface area contributed by atoms with Gasteiger partial charge < -0.3 is 14.6 Å². The van der Waals surface area contributed by atoms with Gasteiger partial charge in [-0.1, -0.05) is 30.3 Å². The maximum Gasteiger partial charge on any atom is 0.358 e. The van der Waals surface area contributed by atoms with E-state index >= 15 is 0 Å². The molecule has 1 atom stereocenters. The molecule has 1 aromatic heterocycles. The number of nitrogens with one attached hydrogen (secondary N) is 1. The van der Waals surface area contributed by atoms with Crippen molar-refractivity contribution in [2.24, 2.45) is 0 Å². The van der Waals surface area contributed by atoms with Gasteiger partial charge in [-0.15, -0.1) is 0 Å². The number of imidazole rings is 1. The molecule has 0 bridgehead atoms. The molecule has 0 aliphatic carbocycles. The summed E-state index contributed by atoms with van der Waals surface area (Å²) in [4.78, 5) is 27.9. The van der Waals surface area contributed by atoms with Crippen LogP contribution >= 0.6 is 0 Å². The van der Waals surface area contributed by atoms with E-state index in [9.17, 15) is 9.59 Å². The summed E-state index contributed by atoms with van der Waals surface area (Å²) >= 11 is 0. The Hall–Kier alpha value is -2.63. The minimum absolute atomic E-state index is 0.129. The number of aromatic nitrogens is 2. The van der Waals surface area contributed by atoms with Crippen molar-refractivity contribution in [3.63, 3.8) is 0 Å². The summed E-state index contributed by atoms with van der Waals surface area (Å²) in [7, 11) is 0. The summed E-state index contributed by atoms with van der Waals surface area (Å²) < 4.78 is 6.60. The highest BCUT2D eigenvalue weighted by Crippen LogP contribution is 2.21. The molecule has 6 nitrogen and oxygen atoms in total. The molecule has 6 heteroatoms. The number of benzene rings is 1. The van der Waals surface area contributed by atoms with E-state index in [1.807, 2.05) is 30.3 Å². The predicted octanol–water partition coefficient (Wildman–Crippen LogP) is 1.54. The molecule has 108 valence electrons. The second kappa shape index (κ2) is 5.40. The Balaban J connectivity index is 1.88. The largest absolute Gasteiger partial charge is 0.461 e. The van der Waals surface area contributed by atoms with Gasteiger partial charge in [-0.05, 0) is 12.5 Å². The molecular weight excluding hydrogens is 270 g/mol. The van der Waals surface area contributed by atoms with Crippen molar-refractivity contribution < 1.29 is 14.3 Å². The van der Waals surface area contributed by atoms with E-state index in [2.05, 4.69) is 10.3 Å². The lowest BCUT2D eigenvalue weighted by Crippen LogP contribution is -2.38. The molecule has 1 amide bonds. The van der Waals surface area contributed by atoms with Gasteiger partial charge in [0.15, 0.2) is 11.5 Å². The summed E-state index contributed by atoms with van der Waals surface area (Å²) in [5.41, 5.74) is 1.18. The fraction of sp³-hybridized carbons (Fsp3) is 0.267. The lowest BCUT2D eigenvalue weighted by molar-refractivity contribution is 0.0520. The van der Waals surface area contributed by atoms with Crippen LogP contribution in [0, 0.1) is 0 Å². The standard InChI is InChI=1S/C15H15N3O3/c1-2-21-15(20)12-9-18-8-11(10-6-4-3-5-7-10)17-14(19)13(18)16-12/h3-7,9,11H,2,8H2,1H3,(H,17,19)/t11-/m0/s1. The average molecular weight is 285 g/mol. The van der Waals surface area contributed by atoms with Gasteiger partial charge in [-0.25, -0.2) is 9.78 Å². The van der Waals surface area contributed by atoms with Gasteiger partial charge in [0.25, 0.3) is 5.91 Å².